The molecular formula is C14H15N5OS2. The van der Waals surface area contributed by atoms with Crippen LogP contribution in [0.4, 0.5) is 5.69 Å². The Hall–Kier alpha value is -1.80. The zero-order valence-corrected chi connectivity index (χ0v) is 13.8. The van der Waals surface area contributed by atoms with E-state index in [1.807, 2.05) is 23.8 Å². The van der Waals surface area contributed by atoms with Crippen molar-refractivity contribution in [2.75, 3.05) is 5.73 Å². The highest BCUT2D eigenvalue weighted by Crippen LogP contribution is 2.39. The maximum atomic E-state index is 12.5. The van der Waals surface area contributed by atoms with Gasteiger partial charge in [-0.2, -0.15) is 4.98 Å². The van der Waals surface area contributed by atoms with E-state index in [2.05, 4.69) is 21.9 Å². The quantitative estimate of drug-likeness (QED) is 0.794. The average molecular weight is 333 g/mol. The molecule has 0 bridgehead atoms. The molecule has 22 heavy (non-hydrogen) atoms. The molecule has 3 atom stereocenters. The maximum absolute atomic E-state index is 12.5. The average Bonchev–Trinajstić information content (AvgIpc) is 2.87. The summed E-state index contributed by atoms with van der Waals surface area (Å²) >= 11 is 1.49. The predicted octanol–water partition coefficient (Wildman–Crippen LogP) is 2.28. The largest absolute Gasteiger partial charge is 0.396 e. The van der Waals surface area contributed by atoms with Crippen LogP contribution in [0.25, 0.3) is 15.5 Å². The Morgan fingerprint density at radius 2 is 2.23 bits per heavy atom. The van der Waals surface area contributed by atoms with Gasteiger partial charge < -0.3 is 5.73 Å². The lowest BCUT2D eigenvalue weighted by Crippen LogP contribution is -2.06. The van der Waals surface area contributed by atoms with Crippen molar-refractivity contribution >= 4 is 38.2 Å². The van der Waals surface area contributed by atoms with Crippen molar-refractivity contribution in [3.63, 3.8) is 0 Å². The number of aryl methyl sites for hydroxylation is 1. The number of thiazole rings is 1. The molecule has 1 aliphatic carbocycles. The summed E-state index contributed by atoms with van der Waals surface area (Å²) in [6.07, 6.45) is 4.61. The van der Waals surface area contributed by atoms with Crippen LogP contribution in [-0.4, -0.2) is 29.0 Å². The summed E-state index contributed by atoms with van der Waals surface area (Å²) in [7, 11) is -1.14. The smallest absolute Gasteiger partial charge is 0.197 e. The van der Waals surface area contributed by atoms with Crippen molar-refractivity contribution in [2.24, 2.45) is 5.92 Å². The molecule has 4 rings (SSSR count). The maximum Gasteiger partial charge on any atom is 0.197 e. The monoisotopic (exact) mass is 333 g/mol. The minimum atomic E-state index is -1.14. The summed E-state index contributed by atoms with van der Waals surface area (Å²) < 4.78 is 15.2. The molecule has 2 N–H and O–H groups in total. The van der Waals surface area contributed by atoms with Crippen molar-refractivity contribution in [1.82, 2.24) is 19.5 Å². The molecule has 114 valence electrons. The van der Waals surface area contributed by atoms with Gasteiger partial charge in [-0.05, 0) is 25.3 Å². The van der Waals surface area contributed by atoms with Crippen LogP contribution in [0.5, 0.6) is 0 Å². The topological polar surface area (TPSA) is 86.7 Å². The van der Waals surface area contributed by atoms with Crippen molar-refractivity contribution in [3.8, 4) is 5.13 Å². The van der Waals surface area contributed by atoms with Gasteiger partial charge in [-0.25, -0.2) is 9.97 Å². The van der Waals surface area contributed by atoms with Gasteiger partial charge in [-0.15, -0.1) is 0 Å². The van der Waals surface area contributed by atoms with Crippen molar-refractivity contribution in [2.45, 2.75) is 30.5 Å². The zero-order valence-electron chi connectivity index (χ0n) is 12.2. The molecule has 0 aliphatic heterocycles. The molecule has 3 aromatic heterocycles. The van der Waals surface area contributed by atoms with Crippen LogP contribution < -0.4 is 5.73 Å². The van der Waals surface area contributed by atoms with Crippen LogP contribution in [0.15, 0.2) is 23.6 Å². The Bertz CT molecular complexity index is 900. The Kier molecular flexibility index (Phi) is 3.05. The second-order valence-corrected chi connectivity index (χ2v) is 8.27. The molecule has 1 aliphatic rings. The van der Waals surface area contributed by atoms with E-state index in [4.69, 9.17) is 5.73 Å². The molecular weight excluding hydrogens is 318 g/mol. The number of fused-ring (bicyclic) bond motifs is 1. The van der Waals surface area contributed by atoms with Crippen molar-refractivity contribution in [3.05, 3.63) is 24.3 Å². The third kappa shape index (κ3) is 2.22. The summed E-state index contributed by atoms with van der Waals surface area (Å²) in [4.78, 5) is 13.2. The Labute approximate surface area is 133 Å². The second kappa shape index (κ2) is 4.85. The van der Waals surface area contributed by atoms with Crippen LogP contribution in [0.1, 0.15) is 19.0 Å². The lowest BCUT2D eigenvalue weighted by molar-refractivity contribution is 0.678. The van der Waals surface area contributed by atoms with Crippen LogP contribution in [-0.2, 0) is 10.8 Å². The first-order chi connectivity index (χ1) is 10.5. The highest BCUT2D eigenvalue weighted by Gasteiger charge is 2.40. The van der Waals surface area contributed by atoms with E-state index in [9.17, 15) is 4.21 Å². The fraction of sp³-hybridized carbons (Fsp3) is 0.357. The number of hydrogen-bond acceptors (Lipinski definition) is 6. The van der Waals surface area contributed by atoms with Gasteiger partial charge in [0.1, 0.15) is 6.33 Å². The Morgan fingerprint density at radius 3 is 2.86 bits per heavy atom. The molecule has 3 heterocycles. The van der Waals surface area contributed by atoms with E-state index < -0.39 is 10.8 Å². The molecule has 0 aromatic carbocycles. The summed E-state index contributed by atoms with van der Waals surface area (Å²) in [6.45, 7) is 4.03. The van der Waals surface area contributed by atoms with E-state index in [0.717, 1.165) is 21.9 Å². The molecule has 1 fully saturated rings. The Balaban J connectivity index is 1.78. The Morgan fingerprint density at radius 1 is 1.45 bits per heavy atom. The molecule has 0 amide bonds. The number of nitrogens with zero attached hydrogens (tertiary/aromatic N) is 4. The number of aromatic nitrogens is 4. The SMILES string of the molecule is Cc1cn(-c2nc3nc(S(=O)C4CC4C)c(N)cc3s2)cn1. The number of anilines is 1. The number of nitrogen functional groups attached to an aromatic ring is 1. The van der Waals surface area contributed by atoms with E-state index in [1.165, 1.54) is 11.3 Å². The first kappa shape index (κ1) is 13.8. The van der Waals surface area contributed by atoms with Crippen LogP contribution in [0.3, 0.4) is 0 Å². The zero-order chi connectivity index (χ0) is 15.4. The van der Waals surface area contributed by atoms with Gasteiger partial charge in [0.25, 0.3) is 0 Å². The summed E-state index contributed by atoms with van der Waals surface area (Å²) in [5, 5.41) is 1.44. The molecule has 6 nitrogen and oxygen atoms in total. The molecule has 8 heteroatoms. The third-order valence-electron chi connectivity index (χ3n) is 3.80. The second-order valence-electron chi connectivity index (χ2n) is 5.67. The lowest BCUT2D eigenvalue weighted by atomic mass is 10.4. The number of hydrogen-bond donors (Lipinski definition) is 1. The molecule has 3 unspecified atom stereocenters. The minimum absolute atomic E-state index is 0.182. The minimum Gasteiger partial charge on any atom is -0.396 e. The van der Waals surface area contributed by atoms with Gasteiger partial charge in [0.05, 0.1) is 26.9 Å². The van der Waals surface area contributed by atoms with Crippen LogP contribution >= 0.6 is 11.3 Å². The molecule has 3 aromatic rings. The number of imidazole rings is 1. The van der Waals surface area contributed by atoms with Crippen molar-refractivity contribution < 1.29 is 4.21 Å². The number of rotatable bonds is 3. The van der Waals surface area contributed by atoms with Crippen molar-refractivity contribution in [1.29, 1.82) is 0 Å². The fourth-order valence-corrected chi connectivity index (χ4v) is 4.93. The summed E-state index contributed by atoms with van der Waals surface area (Å²) in [5.41, 5.74) is 8.06. The first-order valence-corrected chi connectivity index (χ1v) is 9.04. The molecule has 0 saturated heterocycles. The number of nitrogens with two attached hydrogens (primary N) is 1. The summed E-state index contributed by atoms with van der Waals surface area (Å²) in [6, 6.07) is 1.83. The highest BCUT2D eigenvalue weighted by atomic mass is 32.2. The van der Waals surface area contributed by atoms with E-state index >= 15 is 0 Å². The van der Waals surface area contributed by atoms with Gasteiger partial charge in [0, 0.05) is 11.4 Å². The number of pyridine rings is 1. The van der Waals surface area contributed by atoms with Crippen LogP contribution in [0, 0.1) is 12.8 Å². The summed E-state index contributed by atoms with van der Waals surface area (Å²) in [5.74, 6) is 0.484. The predicted molar refractivity (Wildman–Crippen MR) is 87.7 cm³/mol. The molecule has 0 radical (unpaired) electrons. The highest BCUT2D eigenvalue weighted by molar-refractivity contribution is 7.86. The standard InChI is InChI=1S/C14H15N5OS2/c1-7-3-11(7)22(20)13-9(15)4-10-12(17-13)18-14(21-10)19-5-8(2)16-6-19/h4-7,11H,3,15H2,1-2H3. The van der Waals surface area contributed by atoms with Crippen LogP contribution in [0.2, 0.25) is 0 Å². The van der Waals surface area contributed by atoms with Gasteiger partial charge in [-0.1, -0.05) is 18.3 Å². The van der Waals surface area contributed by atoms with E-state index in [-0.39, 0.29) is 5.25 Å². The first-order valence-electron chi connectivity index (χ1n) is 7.01. The van der Waals surface area contributed by atoms with Gasteiger partial charge in [0.2, 0.25) is 0 Å². The lowest BCUT2D eigenvalue weighted by Gasteiger charge is -2.03. The van der Waals surface area contributed by atoms with E-state index in [1.54, 1.807) is 6.33 Å². The third-order valence-corrected chi connectivity index (χ3v) is 6.72. The van der Waals surface area contributed by atoms with Gasteiger partial charge in [0.15, 0.2) is 15.8 Å². The normalized spacial score (nSPS) is 22.1. The van der Waals surface area contributed by atoms with Gasteiger partial charge >= 0.3 is 0 Å². The molecule has 1 saturated carbocycles. The fourth-order valence-electron chi connectivity index (χ4n) is 2.38. The molecule has 0 spiro atoms. The van der Waals surface area contributed by atoms with E-state index in [0.29, 0.717) is 22.3 Å². The van der Waals surface area contributed by atoms with Gasteiger partial charge in [-0.3, -0.25) is 8.78 Å².